The lowest BCUT2D eigenvalue weighted by Crippen LogP contribution is -2.53. The molecule has 0 aliphatic carbocycles. The zero-order valence-electron chi connectivity index (χ0n) is 11.3. The van der Waals surface area contributed by atoms with Crippen LogP contribution in [0.2, 0.25) is 0 Å². The van der Waals surface area contributed by atoms with Gasteiger partial charge >= 0.3 is 0 Å². The Hall–Kier alpha value is -1.27. The standard InChI is InChI=1S/C13H20N2O3S/c1-15(11-5-3-4-6-12(11)18-2)13(9-14)7-8-19(16,17)10-13/h3-6H,7-10,14H2,1-2H3. The molecule has 0 saturated carbocycles. The summed E-state index contributed by atoms with van der Waals surface area (Å²) in [5, 5.41) is 0. The van der Waals surface area contributed by atoms with Crippen molar-refractivity contribution in [1.82, 2.24) is 0 Å². The van der Waals surface area contributed by atoms with Gasteiger partial charge in [-0.15, -0.1) is 0 Å². The van der Waals surface area contributed by atoms with E-state index in [-0.39, 0.29) is 11.5 Å². The molecule has 2 rings (SSSR count). The van der Waals surface area contributed by atoms with E-state index in [4.69, 9.17) is 10.5 Å². The number of benzene rings is 1. The summed E-state index contributed by atoms with van der Waals surface area (Å²) < 4.78 is 28.9. The SMILES string of the molecule is COc1ccccc1N(C)C1(CN)CCS(=O)(=O)C1. The van der Waals surface area contributed by atoms with Crippen LogP contribution >= 0.6 is 0 Å². The van der Waals surface area contributed by atoms with Gasteiger partial charge in [0.25, 0.3) is 0 Å². The summed E-state index contributed by atoms with van der Waals surface area (Å²) in [7, 11) is 0.484. The summed E-state index contributed by atoms with van der Waals surface area (Å²) in [5.74, 6) is 1.02. The Morgan fingerprint density at radius 3 is 2.63 bits per heavy atom. The number of likely N-dealkylation sites (N-methyl/N-ethyl adjacent to an activating group) is 1. The number of ether oxygens (including phenoxy) is 1. The number of hydrogen-bond acceptors (Lipinski definition) is 5. The number of rotatable bonds is 4. The van der Waals surface area contributed by atoms with Crippen molar-refractivity contribution in [3.8, 4) is 5.75 Å². The van der Waals surface area contributed by atoms with Gasteiger partial charge in [0.05, 0.1) is 29.8 Å². The highest BCUT2D eigenvalue weighted by atomic mass is 32.2. The Labute approximate surface area is 114 Å². The minimum absolute atomic E-state index is 0.102. The number of para-hydroxylation sites is 2. The Kier molecular flexibility index (Phi) is 3.73. The summed E-state index contributed by atoms with van der Waals surface area (Å²) >= 11 is 0. The molecule has 1 aromatic rings. The van der Waals surface area contributed by atoms with E-state index in [0.29, 0.717) is 13.0 Å². The van der Waals surface area contributed by atoms with Crippen LogP contribution < -0.4 is 15.4 Å². The number of anilines is 1. The van der Waals surface area contributed by atoms with Gasteiger partial charge in [0.1, 0.15) is 5.75 Å². The van der Waals surface area contributed by atoms with Crippen LogP contribution in [0.5, 0.6) is 5.75 Å². The normalized spacial score (nSPS) is 25.2. The zero-order valence-corrected chi connectivity index (χ0v) is 12.1. The molecular weight excluding hydrogens is 264 g/mol. The summed E-state index contributed by atoms with van der Waals surface area (Å²) in [4.78, 5) is 1.95. The molecule has 19 heavy (non-hydrogen) atoms. The third kappa shape index (κ3) is 2.55. The van der Waals surface area contributed by atoms with Gasteiger partial charge in [0.15, 0.2) is 9.84 Å². The molecule has 0 radical (unpaired) electrons. The summed E-state index contributed by atoms with van der Waals surface area (Å²) in [6, 6.07) is 7.57. The van der Waals surface area contributed by atoms with Crippen LogP contribution in [0.1, 0.15) is 6.42 Å². The van der Waals surface area contributed by atoms with Crippen LogP contribution in [-0.2, 0) is 9.84 Å². The van der Waals surface area contributed by atoms with Gasteiger partial charge in [-0.25, -0.2) is 8.42 Å². The van der Waals surface area contributed by atoms with Crippen molar-refractivity contribution in [3.63, 3.8) is 0 Å². The first kappa shape index (κ1) is 14.1. The van der Waals surface area contributed by atoms with E-state index in [0.717, 1.165) is 11.4 Å². The van der Waals surface area contributed by atoms with Crippen molar-refractivity contribution >= 4 is 15.5 Å². The smallest absolute Gasteiger partial charge is 0.152 e. The second kappa shape index (κ2) is 5.02. The first-order valence-corrected chi connectivity index (χ1v) is 8.04. The van der Waals surface area contributed by atoms with Gasteiger partial charge in [-0.05, 0) is 18.6 Å². The highest BCUT2D eigenvalue weighted by molar-refractivity contribution is 7.91. The van der Waals surface area contributed by atoms with E-state index in [1.165, 1.54) is 0 Å². The fourth-order valence-electron chi connectivity index (χ4n) is 2.62. The van der Waals surface area contributed by atoms with E-state index < -0.39 is 15.4 Å². The fraction of sp³-hybridized carbons (Fsp3) is 0.538. The molecule has 1 aliphatic rings. The molecule has 0 aromatic heterocycles. The number of methoxy groups -OCH3 is 1. The fourth-order valence-corrected chi connectivity index (χ4v) is 4.73. The predicted molar refractivity (Wildman–Crippen MR) is 76.5 cm³/mol. The summed E-state index contributed by atoms with van der Waals surface area (Å²) in [6.07, 6.45) is 0.556. The van der Waals surface area contributed by atoms with Gasteiger partial charge in [-0.1, -0.05) is 12.1 Å². The zero-order chi connectivity index (χ0) is 14.1. The van der Waals surface area contributed by atoms with E-state index in [1.807, 2.05) is 36.2 Å². The van der Waals surface area contributed by atoms with Crippen LogP contribution in [0.4, 0.5) is 5.69 Å². The molecule has 1 fully saturated rings. The van der Waals surface area contributed by atoms with Gasteiger partial charge in [-0.3, -0.25) is 0 Å². The number of nitrogens with zero attached hydrogens (tertiary/aromatic N) is 1. The molecule has 0 amide bonds. The summed E-state index contributed by atoms with van der Waals surface area (Å²) in [6.45, 7) is 0.306. The molecule has 106 valence electrons. The molecule has 6 heteroatoms. The first-order chi connectivity index (χ1) is 8.94. The number of hydrogen-bond donors (Lipinski definition) is 1. The van der Waals surface area contributed by atoms with E-state index in [2.05, 4.69) is 0 Å². The molecule has 1 aromatic carbocycles. The molecule has 1 atom stereocenters. The highest BCUT2D eigenvalue weighted by Crippen LogP contribution is 2.36. The average molecular weight is 284 g/mol. The monoisotopic (exact) mass is 284 g/mol. The van der Waals surface area contributed by atoms with Crippen molar-refractivity contribution in [2.24, 2.45) is 5.73 Å². The largest absolute Gasteiger partial charge is 0.495 e. The quantitative estimate of drug-likeness (QED) is 0.879. The minimum atomic E-state index is -3.00. The molecule has 2 N–H and O–H groups in total. The lowest BCUT2D eigenvalue weighted by molar-refractivity contribution is 0.404. The Morgan fingerprint density at radius 2 is 2.11 bits per heavy atom. The highest BCUT2D eigenvalue weighted by Gasteiger charge is 2.45. The molecule has 1 unspecified atom stereocenters. The topological polar surface area (TPSA) is 72.6 Å². The second-order valence-electron chi connectivity index (χ2n) is 5.00. The molecule has 0 bridgehead atoms. The Morgan fingerprint density at radius 1 is 1.42 bits per heavy atom. The van der Waals surface area contributed by atoms with Crippen molar-refractivity contribution in [2.45, 2.75) is 12.0 Å². The van der Waals surface area contributed by atoms with Crippen LogP contribution in [0, 0.1) is 0 Å². The molecule has 1 saturated heterocycles. The van der Waals surface area contributed by atoms with Gasteiger partial charge in [0.2, 0.25) is 0 Å². The minimum Gasteiger partial charge on any atom is -0.495 e. The Balaban J connectivity index is 2.39. The van der Waals surface area contributed by atoms with Crippen molar-refractivity contribution < 1.29 is 13.2 Å². The van der Waals surface area contributed by atoms with Crippen LogP contribution in [0.3, 0.4) is 0 Å². The van der Waals surface area contributed by atoms with E-state index >= 15 is 0 Å². The maximum absolute atomic E-state index is 11.8. The summed E-state index contributed by atoms with van der Waals surface area (Å²) in [5.41, 5.74) is 6.21. The van der Waals surface area contributed by atoms with Crippen LogP contribution in [0.25, 0.3) is 0 Å². The molecule has 1 aliphatic heterocycles. The first-order valence-electron chi connectivity index (χ1n) is 6.21. The van der Waals surface area contributed by atoms with Gasteiger partial charge < -0.3 is 15.4 Å². The lowest BCUT2D eigenvalue weighted by Gasteiger charge is -2.39. The Bertz CT molecular complexity index is 559. The third-order valence-electron chi connectivity index (χ3n) is 3.91. The van der Waals surface area contributed by atoms with Crippen LogP contribution in [-0.4, -0.2) is 46.2 Å². The molecule has 0 spiro atoms. The lowest BCUT2D eigenvalue weighted by atomic mass is 9.96. The number of nitrogens with two attached hydrogens (primary N) is 1. The van der Waals surface area contributed by atoms with Gasteiger partial charge in [0, 0.05) is 13.6 Å². The molecular formula is C13H20N2O3S. The third-order valence-corrected chi connectivity index (χ3v) is 5.71. The van der Waals surface area contributed by atoms with Crippen LogP contribution in [0.15, 0.2) is 24.3 Å². The van der Waals surface area contributed by atoms with Crippen molar-refractivity contribution in [1.29, 1.82) is 0 Å². The molecule has 1 heterocycles. The van der Waals surface area contributed by atoms with Crippen molar-refractivity contribution in [3.05, 3.63) is 24.3 Å². The van der Waals surface area contributed by atoms with E-state index in [1.54, 1.807) is 7.11 Å². The van der Waals surface area contributed by atoms with E-state index in [9.17, 15) is 8.42 Å². The van der Waals surface area contributed by atoms with Crippen molar-refractivity contribution in [2.75, 3.05) is 37.1 Å². The van der Waals surface area contributed by atoms with Gasteiger partial charge in [-0.2, -0.15) is 0 Å². The maximum Gasteiger partial charge on any atom is 0.152 e. The predicted octanol–water partition coefficient (Wildman–Crippen LogP) is 0.647. The second-order valence-corrected chi connectivity index (χ2v) is 7.19. The maximum atomic E-state index is 11.8. The molecule has 5 nitrogen and oxygen atoms in total. The number of sulfone groups is 1. The average Bonchev–Trinajstić information content (AvgIpc) is 2.74.